The van der Waals surface area contributed by atoms with Gasteiger partial charge in [-0.1, -0.05) is 35.0 Å². The van der Waals surface area contributed by atoms with Crippen LogP contribution in [-0.2, 0) is 13.0 Å². The molecule has 1 heterocycles. The van der Waals surface area contributed by atoms with Crippen LogP contribution in [0.25, 0.3) is 0 Å². The Labute approximate surface area is 121 Å². The number of hydrogen-bond acceptors (Lipinski definition) is 3. The van der Waals surface area contributed by atoms with Crippen LogP contribution in [0.2, 0.25) is 0 Å². The Morgan fingerprint density at radius 1 is 1.44 bits per heavy atom. The first-order chi connectivity index (χ1) is 8.69. The average Bonchev–Trinajstić information content (AvgIpc) is 2.84. The van der Waals surface area contributed by atoms with E-state index in [0.717, 1.165) is 17.4 Å². The summed E-state index contributed by atoms with van der Waals surface area (Å²) in [5.41, 5.74) is 1.30. The minimum Gasteiger partial charge on any atom is -0.305 e. The smallest absolute Gasteiger partial charge is 0.0925 e. The van der Waals surface area contributed by atoms with Gasteiger partial charge in [0, 0.05) is 28.1 Å². The number of aromatic nitrogens is 1. The fourth-order valence-corrected chi connectivity index (χ4v) is 2.97. The minimum atomic E-state index is 0.342. The average molecular weight is 325 g/mol. The van der Waals surface area contributed by atoms with Crippen molar-refractivity contribution in [3.63, 3.8) is 0 Å². The highest BCUT2D eigenvalue weighted by Gasteiger charge is 2.06. The molecule has 2 rings (SSSR count). The van der Waals surface area contributed by atoms with Crippen molar-refractivity contribution in [3.8, 4) is 0 Å². The molecular formula is C14H17BrN2S. The summed E-state index contributed by atoms with van der Waals surface area (Å²) in [5.74, 6) is 0. The van der Waals surface area contributed by atoms with Crippen molar-refractivity contribution in [2.24, 2.45) is 0 Å². The lowest BCUT2D eigenvalue weighted by molar-refractivity contribution is 0.578. The molecule has 1 aromatic heterocycles. The van der Waals surface area contributed by atoms with Crippen LogP contribution in [0, 0.1) is 0 Å². The molecule has 96 valence electrons. The Kier molecular flexibility index (Phi) is 4.92. The van der Waals surface area contributed by atoms with Gasteiger partial charge in [-0.05, 0) is 31.0 Å². The first-order valence-corrected chi connectivity index (χ1v) is 7.72. The van der Waals surface area contributed by atoms with Crippen molar-refractivity contribution in [2.45, 2.75) is 32.9 Å². The fourth-order valence-electron chi connectivity index (χ4n) is 1.74. The summed E-state index contributed by atoms with van der Waals surface area (Å²) in [5, 5.41) is 4.74. The monoisotopic (exact) mass is 324 g/mol. The number of rotatable bonds is 5. The van der Waals surface area contributed by atoms with Crippen molar-refractivity contribution < 1.29 is 0 Å². The summed E-state index contributed by atoms with van der Waals surface area (Å²) >= 11 is 5.29. The third-order valence-corrected chi connectivity index (χ3v) is 4.47. The number of benzene rings is 1. The molecular weight excluding hydrogens is 308 g/mol. The molecule has 0 aliphatic carbocycles. The summed E-state index contributed by atoms with van der Waals surface area (Å²) in [6.07, 6.45) is 3.00. The predicted molar refractivity (Wildman–Crippen MR) is 80.9 cm³/mol. The first kappa shape index (κ1) is 13.7. The van der Waals surface area contributed by atoms with Gasteiger partial charge in [0.25, 0.3) is 0 Å². The molecule has 1 aromatic carbocycles. The van der Waals surface area contributed by atoms with Gasteiger partial charge in [0.05, 0.1) is 5.01 Å². The molecule has 0 spiro atoms. The van der Waals surface area contributed by atoms with Gasteiger partial charge in [-0.3, -0.25) is 0 Å². The summed E-state index contributed by atoms with van der Waals surface area (Å²) in [6.45, 7) is 5.20. The van der Waals surface area contributed by atoms with E-state index in [0.29, 0.717) is 6.04 Å². The van der Waals surface area contributed by atoms with Crippen molar-refractivity contribution in [2.75, 3.05) is 0 Å². The van der Waals surface area contributed by atoms with Crippen molar-refractivity contribution in [3.05, 3.63) is 50.4 Å². The maximum atomic E-state index is 4.37. The van der Waals surface area contributed by atoms with E-state index < -0.39 is 0 Å². The summed E-state index contributed by atoms with van der Waals surface area (Å²) in [4.78, 5) is 5.67. The Hall–Kier alpha value is -0.710. The second-order valence-corrected chi connectivity index (χ2v) is 6.35. The zero-order chi connectivity index (χ0) is 13.0. The van der Waals surface area contributed by atoms with Gasteiger partial charge in [-0.25, -0.2) is 4.98 Å². The third-order valence-electron chi connectivity index (χ3n) is 2.84. The molecule has 0 fully saturated rings. The van der Waals surface area contributed by atoms with Gasteiger partial charge in [-0.2, -0.15) is 0 Å². The number of nitrogens with one attached hydrogen (secondary N) is 1. The van der Waals surface area contributed by atoms with Crippen LogP contribution in [0.5, 0.6) is 0 Å². The highest BCUT2D eigenvalue weighted by atomic mass is 79.9. The van der Waals surface area contributed by atoms with E-state index in [1.165, 1.54) is 15.4 Å². The highest BCUT2D eigenvalue weighted by Crippen LogP contribution is 2.19. The van der Waals surface area contributed by atoms with E-state index in [2.05, 4.69) is 58.3 Å². The van der Waals surface area contributed by atoms with Crippen LogP contribution in [0.1, 0.15) is 35.3 Å². The molecule has 2 aromatic rings. The van der Waals surface area contributed by atoms with Crippen molar-refractivity contribution in [1.29, 1.82) is 0 Å². The van der Waals surface area contributed by atoms with Gasteiger partial charge in [0.2, 0.25) is 0 Å². The molecule has 0 saturated heterocycles. The predicted octanol–water partition coefficient (Wildman–Crippen LogP) is 4.32. The van der Waals surface area contributed by atoms with Crippen LogP contribution in [0.3, 0.4) is 0 Å². The van der Waals surface area contributed by atoms with Crippen LogP contribution in [0.4, 0.5) is 0 Å². The summed E-state index contributed by atoms with van der Waals surface area (Å²) in [7, 11) is 0. The van der Waals surface area contributed by atoms with Gasteiger partial charge in [-0.15, -0.1) is 11.3 Å². The first-order valence-electron chi connectivity index (χ1n) is 6.11. The number of aryl methyl sites for hydroxylation is 1. The maximum absolute atomic E-state index is 4.37. The summed E-state index contributed by atoms with van der Waals surface area (Å²) in [6, 6.07) is 8.76. The lowest BCUT2D eigenvalue weighted by Gasteiger charge is -2.13. The Morgan fingerprint density at radius 3 is 2.94 bits per heavy atom. The Bertz CT molecular complexity index is 510. The van der Waals surface area contributed by atoms with Gasteiger partial charge in [0.1, 0.15) is 0 Å². The highest BCUT2D eigenvalue weighted by molar-refractivity contribution is 9.10. The molecule has 0 aliphatic heterocycles. The second kappa shape index (κ2) is 6.45. The normalized spacial score (nSPS) is 12.6. The Morgan fingerprint density at radius 2 is 2.28 bits per heavy atom. The molecule has 1 N–H and O–H groups in total. The lowest BCUT2D eigenvalue weighted by Crippen LogP contribution is -2.17. The standard InChI is InChI=1S/C14H17BrN2S/c1-3-14-17-9-13(18-14)8-16-10(2)11-5-4-6-12(15)7-11/h4-7,9-10,16H,3,8H2,1-2H3. The SMILES string of the molecule is CCc1ncc(CNC(C)c2cccc(Br)c2)s1. The molecule has 2 nitrogen and oxygen atoms in total. The van der Waals surface area contributed by atoms with Gasteiger partial charge >= 0.3 is 0 Å². The zero-order valence-corrected chi connectivity index (χ0v) is 13.0. The Balaban J connectivity index is 1.93. The van der Waals surface area contributed by atoms with Crippen LogP contribution in [0.15, 0.2) is 34.9 Å². The molecule has 0 bridgehead atoms. The molecule has 1 unspecified atom stereocenters. The van der Waals surface area contributed by atoms with Crippen LogP contribution in [-0.4, -0.2) is 4.98 Å². The van der Waals surface area contributed by atoms with Crippen molar-refractivity contribution in [1.82, 2.24) is 10.3 Å². The molecule has 0 saturated carbocycles. The molecule has 18 heavy (non-hydrogen) atoms. The van der Waals surface area contributed by atoms with Gasteiger partial charge < -0.3 is 5.32 Å². The fraction of sp³-hybridized carbons (Fsp3) is 0.357. The number of halogens is 1. The van der Waals surface area contributed by atoms with E-state index in [4.69, 9.17) is 0 Å². The van der Waals surface area contributed by atoms with E-state index in [9.17, 15) is 0 Å². The van der Waals surface area contributed by atoms with E-state index in [-0.39, 0.29) is 0 Å². The molecule has 0 radical (unpaired) electrons. The number of hydrogen-bond donors (Lipinski definition) is 1. The lowest BCUT2D eigenvalue weighted by atomic mass is 10.1. The molecule has 0 aliphatic rings. The number of nitrogens with zero attached hydrogens (tertiary/aromatic N) is 1. The minimum absolute atomic E-state index is 0.342. The molecule has 4 heteroatoms. The molecule has 1 atom stereocenters. The van der Waals surface area contributed by atoms with E-state index in [1.807, 2.05) is 12.3 Å². The third kappa shape index (κ3) is 3.64. The van der Waals surface area contributed by atoms with E-state index >= 15 is 0 Å². The number of thiazole rings is 1. The maximum Gasteiger partial charge on any atom is 0.0925 e. The van der Waals surface area contributed by atoms with E-state index in [1.54, 1.807) is 11.3 Å². The largest absolute Gasteiger partial charge is 0.305 e. The zero-order valence-electron chi connectivity index (χ0n) is 10.6. The van der Waals surface area contributed by atoms with Gasteiger partial charge in [0.15, 0.2) is 0 Å². The van der Waals surface area contributed by atoms with Crippen LogP contribution < -0.4 is 5.32 Å². The quantitative estimate of drug-likeness (QED) is 0.886. The molecule has 0 amide bonds. The van der Waals surface area contributed by atoms with Crippen LogP contribution >= 0.6 is 27.3 Å². The summed E-state index contributed by atoms with van der Waals surface area (Å²) < 4.78 is 1.12. The topological polar surface area (TPSA) is 24.9 Å². The second-order valence-electron chi connectivity index (χ2n) is 4.23. The van der Waals surface area contributed by atoms with Crippen molar-refractivity contribution >= 4 is 27.3 Å².